The van der Waals surface area contributed by atoms with Gasteiger partial charge in [-0.1, -0.05) is 12.1 Å². The zero-order valence-corrected chi connectivity index (χ0v) is 12.3. The molecule has 1 aromatic heterocycles. The average Bonchev–Trinajstić information content (AvgIpc) is 2.69. The molecule has 18 heavy (non-hydrogen) atoms. The second-order valence-electron chi connectivity index (χ2n) is 3.99. The van der Waals surface area contributed by atoms with Crippen molar-refractivity contribution in [2.75, 3.05) is 5.73 Å². The minimum atomic E-state index is -0.0503. The van der Waals surface area contributed by atoms with Crippen molar-refractivity contribution in [3.63, 3.8) is 0 Å². The molecular formula is C13H13BrN2OS. The van der Waals surface area contributed by atoms with Crippen molar-refractivity contribution < 1.29 is 4.79 Å². The minimum Gasteiger partial charge on any atom is -0.399 e. The van der Waals surface area contributed by atoms with E-state index in [-0.39, 0.29) is 5.91 Å². The zero-order chi connectivity index (χ0) is 13.1. The molecule has 94 valence electrons. The Morgan fingerprint density at radius 3 is 2.61 bits per heavy atom. The molecular weight excluding hydrogens is 312 g/mol. The molecule has 0 bridgehead atoms. The van der Waals surface area contributed by atoms with Crippen LogP contribution < -0.4 is 11.1 Å². The van der Waals surface area contributed by atoms with Crippen LogP contribution in [0.3, 0.4) is 0 Å². The van der Waals surface area contributed by atoms with Crippen LogP contribution >= 0.6 is 27.3 Å². The number of amides is 1. The van der Waals surface area contributed by atoms with Gasteiger partial charge in [-0.15, -0.1) is 11.3 Å². The molecule has 1 aromatic carbocycles. The van der Waals surface area contributed by atoms with Crippen LogP contribution in [0.15, 0.2) is 34.1 Å². The highest BCUT2D eigenvalue weighted by atomic mass is 79.9. The van der Waals surface area contributed by atoms with Gasteiger partial charge in [0.05, 0.1) is 8.66 Å². The summed E-state index contributed by atoms with van der Waals surface area (Å²) in [6.07, 6.45) is 0. The maximum absolute atomic E-state index is 11.9. The number of nitrogen functional groups attached to an aromatic ring is 1. The van der Waals surface area contributed by atoms with Crippen LogP contribution in [0.25, 0.3) is 0 Å². The van der Waals surface area contributed by atoms with Crippen molar-refractivity contribution in [2.45, 2.75) is 13.5 Å². The number of nitrogens with one attached hydrogen (secondary N) is 1. The van der Waals surface area contributed by atoms with Gasteiger partial charge in [-0.2, -0.15) is 0 Å². The number of hydrogen-bond acceptors (Lipinski definition) is 3. The highest BCUT2D eigenvalue weighted by Gasteiger charge is 2.10. The average molecular weight is 325 g/mol. The first-order chi connectivity index (χ1) is 8.56. The number of anilines is 1. The lowest BCUT2D eigenvalue weighted by Crippen LogP contribution is -2.21. The zero-order valence-electron chi connectivity index (χ0n) is 9.87. The molecule has 0 spiro atoms. The number of benzene rings is 1. The van der Waals surface area contributed by atoms with E-state index in [0.29, 0.717) is 6.54 Å². The van der Waals surface area contributed by atoms with E-state index in [9.17, 15) is 4.79 Å². The maximum atomic E-state index is 11.9. The molecule has 0 unspecified atom stereocenters. The molecule has 0 atom stereocenters. The molecule has 1 heterocycles. The van der Waals surface area contributed by atoms with E-state index in [1.807, 2.05) is 37.3 Å². The monoisotopic (exact) mass is 324 g/mol. The molecule has 0 fully saturated rings. The van der Waals surface area contributed by atoms with Crippen LogP contribution in [-0.2, 0) is 6.54 Å². The van der Waals surface area contributed by atoms with Gasteiger partial charge in [-0.3, -0.25) is 4.79 Å². The fourth-order valence-corrected chi connectivity index (χ4v) is 2.93. The van der Waals surface area contributed by atoms with Crippen LogP contribution in [0.4, 0.5) is 5.69 Å². The largest absolute Gasteiger partial charge is 0.399 e. The molecule has 1 amide bonds. The maximum Gasteiger partial charge on any atom is 0.261 e. The second kappa shape index (κ2) is 5.54. The van der Waals surface area contributed by atoms with Gasteiger partial charge in [0.15, 0.2) is 0 Å². The van der Waals surface area contributed by atoms with Crippen LogP contribution in [-0.4, -0.2) is 5.91 Å². The topological polar surface area (TPSA) is 55.1 Å². The number of hydrogen-bond donors (Lipinski definition) is 2. The van der Waals surface area contributed by atoms with Crippen molar-refractivity contribution in [3.8, 4) is 0 Å². The Balaban J connectivity index is 1.98. The van der Waals surface area contributed by atoms with Crippen LogP contribution in [0.2, 0.25) is 0 Å². The fourth-order valence-electron chi connectivity index (χ4n) is 1.48. The Morgan fingerprint density at radius 2 is 2.06 bits per heavy atom. The first-order valence-electron chi connectivity index (χ1n) is 5.45. The van der Waals surface area contributed by atoms with Gasteiger partial charge in [-0.25, -0.2) is 0 Å². The van der Waals surface area contributed by atoms with Crippen LogP contribution in [0, 0.1) is 6.92 Å². The highest BCUT2D eigenvalue weighted by molar-refractivity contribution is 9.11. The summed E-state index contributed by atoms with van der Waals surface area (Å²) in [5.74, 6) is -0.0503. The normalized spacial score (nSPS) is 10.3. The molecule has 5 heteroatoms. The van der Waals surface area contributed by atoms with Crippen molar-refractivity contribution in [2.24, 2.45) is 0 Å². The lowest BCUT2D eigenvalue weighted by Gasteiger charge is -2.04. The highest BCUT2D eigenvalue weighted by Crippen LogP contribution is 2.27. The summed E-state index contributed by atoms with van der Waals surface area (Å²) in [5, 5.41) is 2.89. The standard InChI is InChI=1S/C13H13BrN2OS/c1-8-6-11(18-12(8)14)13(17)16-7-9-2-4-10(15)5-3-9/h2-6H,7,15H2,1H3,(H,16,17). The first kappa shape index (κ1) is 13.1. The molecule has 0 aliphatic carbocycles. The summed E-state index contributed by atoms with van der Waals surface area (Å²) in [7, 11) is 0. The summed E-state index contributed by atoms with van der Waals surface area (Å²) < 4.78 is 1.00. The third-order valence-corrected chi connectivity index (χ3v) is 4.65. The summed E-state index contributed by atoms with van der Waals surface area (Å²) in [6.45, 7) is 2.48. The molecule has 0 radical (unpaired) electrons. The van der Waals surface area contributed by atoms with Crippen LogP contribution in [0.1, 0.15) is 20.8 Å². The molecule has 2 aromatic rings. The number of aryl methyl sites for hydroxylation is 1. The van der Waals surface area contributed by atoms with Gasteiger partial charge >= 0.3 is 0 Å². The van der Waals surface area contributed by atoms with Crippen molar-refractivity contribution in [1.29, 1.82) is 0 Å². The Bertz CT molecular complexity index is 543. The summed E-state index contributed by atoms with van der Waals surface area (Å²) >= 11 is 4.86. The lowest BCUT2D eigenvalue weighted by atomic mass is 10.2. The first-order valence-corrected chi connectivity index (χ1v) is 7.06. The Morgan fingerprint density at radius 1 is 1.39 bits per heavy atom. The molecule has 2 rings (SSSR count). The second-order valence-corrected chi connectivity index (χ2v) is 6.36. The number of carbonyl (C=O) groups is 1. The SMILES string of the molecule is Cc1cc(C(=O)NCc2ccc(N)cc2)sc1Br. The number of nitrogens with two attached hydrogens (primary N) is 1. The van der Waals surface area contributed by atoms with E-state index in [1.54, 1.807) is 0 Å². The van der Waals surface area contributed by atoms with E-state index in [2.05, 4.69) is 21.2 Å². The Kier molecular flexibility index (Phi) is 4.04. The molecule has 0 aliphatic heterocycles. The minimum absolute atomic E-state index is 0.0503. The summed E-state index contributed by atoms with van der Waals surface area (Å²) in [4.78, 5) is 12.6. The van der Waals surface area contributed by atoms with Crippen LogP contribution in [0.5, 0.6) is 0 Å². The lowest BCUT2D eigenvalue weighted by molar-refractivity contribution is 0.0955. The van der Waals surface area contributed by atoms with Gasteiger partial charge in [0.1, 0.15) is 0 Å². The van der Waals surface area contributed by atoms with E-state index in [1.165, 1.54) is 11.3 Å². The van der Waals surface area contributed by atoms with Gasteiger partial charge in [0.2, 0.25) is 0 Å². The quantitative estimate of drug-likeness (QED) is 0.851. The Hall–Kier alpha value is -1.33. The number of halogens is 1. The van der Waals surface area contributed by atoms with E-state index in [0.717, 1.165) is 25.5 Å². The summed E-state index contributed by atoms with van der Waals surface area (Å²) in [6, 6.07) is 9.35. The van der Waals surface area contributed by atoms with Gasteiger partial charge in [0.25, 0.3) is 5.91 Å². The van der Waals surface area contributed by atoms with Crippen molar-refractivity contribution >= 4 is 38.9 Å². The summed E-state index contributed by atoms with van der Waals surface area (Å²) in [5.41, 5.74) is 8.44. The predicted molar refractivity (Wildman–Crippen MR) is 78.8 cm³/mol. The van der Waals surface area contributed by atoms with Gasteiger partial charge < -0.3 is 11.1 Å². The Labute approximate surface area is 118 Å². The van der Waals surface area contributed by atoms with Gasteiger partial charge in [0, 0.05) is 12.2 Å². The van der Waals surface area contributed by atoms with Gasteiger partial charge in [-0.05, 0) is 52.2 Å². The molecule has 0 saturated heterocycles. The number of thiophene rings is 1. The smallest absolute Gasteiger partial charge is 0.261 e. The molecule has 3 nitrogen and oxygen atoms in total. The third kappa shape index (κ3) is 3.11. The van der Waals surface area contributed by atoms with E-state index in [4.69, 9.17) is 5.73 Å². The van der Waals surface area contributed by atoms with Crippen molar-refractivity contribution in [3.05, 3.63) is 50.1 Å². The van der Waals surface area contributed by atoms with Crippen molar-refractivity contribution in [1.82, 2.24) is 5.32 Å². The molecule has 3 N–H and O–H groups in total. The molecule has 0 aliphatic rings. The molecule has 0 saturated carbocycles. The number of carbonyl (C=O) groups excluding carboxylic acids is 1. The number of rotatable bonds is 3. The fraction of sp³-hybridized carbons (Fsp3) is 0.154. The van der Waals surface area contributed by atoms with E-state index >= 15 is 0 Å². The van der Waals surface area contributed by atoms with E-state index < -0.39 is 0 Å². The predicted octanol–water partition coefficient (Wildman–Crippen LogP) is 3.33. The third-order valence-electron chi connectivity index (χ3n) is 2.51.